The van der Waals surface area contributed by atoms with Crippen LogP contribution in [0.3, 0.4) is 0 Å². The van der Waals surface area contributed by atoms with Crippen LogP contribution in [0.2, 0.25) is 0 Å². The monoisotopic (exact) mass is 487 g/mol. The maximum Gasteiger partial charge on any atom is 0.322 e. The van der Waals surface area contributed by atoms with Crippen molar-refractivity contribution in [1.29, 1.82) is 0 Å². The second-order valence-corrected chi connectivity index (χ2v) is 8.84. The standard InChI is InChI=1S/C28H23F2N3O3/c29-21-9-5-19(6-10-21)2-1-18-3-7-20(8-4-18)27-24-15-32(16-26(35)33(24)25(27)17-34)28(36)31-23-13-11-22(30)12-14-23/h3-14,24-25,27,34H,15-17H2,(H,31,36)/t24-,25-,27-/m1/s1. The summed E-state index contributed by atoms with van der Waals surface area (Å²) in [6.07, 6.45) is 0. The highest BCUT2D eigenvalue weighted by Gasteiger charge is 2.54. The number of aliphatic hydroxyl groups excluding tert-OH is 1. The van der Waals surface area contributed by atoms with Crippen LogP contribution in [-0.4, -0.2) is 58.6 Å². The molecule has 0 aromatic heterocycles. The molecule has 36 heavy (non-hydrogen) atoms. The Balaban J connectivity index is 1.30. The van der Waals surface area contributed by atoms with Crippen molar-refractivity contribution in [1.82, 2.24) is 9.80 Å². The van der Waals surface area contributed by atoms with Gasteiger partial charge in [-0.3, -0.25) is 4.79 Å². The van der Waals surface area contributed by atoms with E-state index in [1.54, 1.807) is 17.0 Å². The smallest absolute Gasteiger partial charge is 0.322 e. The number of piperazine rings is 1. The van der Waals surface area contributed by atoms with E-state index in [-0.39, 0.29) is 42.9 Å². The van der Waals surface area contributed by atoms with E-state index in [4.69, 9.17) is 0 Å². The molecule has 3 amide bonds. The van der Waals surface area contributed by atoms with Gasteiger partial charge in [-0.15, -0.1) is 0 Å². The number of halogens is 2. The van der Waals surface area contributed by atoms with Crippen molar-refractivity contribution in [3.63, 3.8) is 0 Å². The van der Waals surface area contributed by atoms with Crippen LogP contribution in [0.15, 0.2) is 72.8 Å². The minimum absolute atomic E-state index is 0.0926. The van der Waals surface area contributed by atoms with Crippen LogP contribution in [0.1, 0.15) is 22.6 Å². The molecule has 0 unspecified atom stereocenters. The molecule has 2 N–H and O–H groups in total. The van der Waals surface area contributed by atoms with Crippen molar-refractivity contribution in [2.24, 2.45) is 0 Å². The van der Waals surface area contributed by atoms with Crippen LogP contribution >= 0.6 is 0 Å². The fourth-order valence-electron chi connectivity index (χ4n) is 4.86. The molecule has 0 saturated carbocycles. The molecule has 0 bridgehead atoms. The fraction of sp³-hybridized carbons (Fsp3) is 0.214. The Morgan fingerprint density at radius 1 is 0.917 bits per heavy atom. The summed E-state index contributed by atoms with van der Waals surface area (Å²) >= 11 is 0. The number of benzene rings is 3. The molecule has 8 heteroatoms. The van der Waals surface area contributed by atoms with E-state index in [1.807, 2.05) is 24.3 Å². The largest absolute Gasteiger partial charge is 0.394 e. The summed E-state index contributed by atoms with van der Waals surface area (Å²) in [5, 5.41) is 12.7. The van der Waals surface area contributed by atoms with E-state index in [0.717, 1.165) is 11.1 Å². The number of urea groups is 1. The van der Waals surface area contributed by atoms with Crippen LogP contribution in [0.4, 0.5) is 19.3 Å². The molecule has 2 saturated heterocycles. The molecule has 3 atom stereocenters. The average molecular weight is 488 g/mol. The summed E-state index contributed by atoms with van der Waals surface area (Å²) in [4.78, 5) is 28.7. The number of carbonyl (C=O) groups is 2. The number of carbonyl (C=O) groups excluding carboxylic acids is 2. The highest BCUT2D eigenvalue weighted by Crippen LogP contribution is 2.43. The Morgan fingerprint density at radius 3 is 2.06 bits per heavy atom. The lowest BCUT2D eigenvalue weighted by Crippen LogP contribution is -2.73. The number of anilines is 1. The van der Waals surface area contributed by atoms with Gasteiger partial charge < -0.3 is 20.2 Å². The van der Waals surface area contributed by atoms with Gasteiger partial charge in [0.2, 0.25) is 5.91 Å². The molecule has 2 aliphatic rings. The van der Waals surface area contributed by atoms with Gasteiger partial charge >= 0.3 is 6.03 Å². The molecule has 3 aromatic rings. The molecule has 0 spiro atoms. The van der Waals surface area contributed by atoms with Gasteiger partial charge in [-0.05, 0) is 66.2 Å². The summed E-state index contributed by atoms with van der Waals surface area (Å²) in [6.45, 7) is 0.0392. The van der Waals surface area contributed by atoms with Crippen molar-refractivity contribution < 1.29 is 23.5 Å². The number of aliphatic hydroxyl groups is 1. The number of hydrogen-bond acceptors (Lipinski definition) is 3. The first-order valence-electron chi connectivity index (χ1n) is 11.5. The quantitative estimate of drug-likeness (QED) is 0.555. The van der Waals surface area contributed by atoms with E-state index in [0.29, 0.717) is 17.8 Å². The van der Waals surface area contributed by atoms with Crippen LogP contribution in [0.5, 0.6) is 0 Å². The zero-order chi connectivity index (χ0) is 25.2. The molecular weight excluding hydrogens is 464 g/mol. The predicted molar refractivity (Wildman–Crippen MR) is 130 cm³/mol. The van der Waals surface area contributed by atoms with Gasteiger partial charge in [0.25, 0.3) is 0 Å². The molecule has 182 valence electrons. The molecule has 2 aliphatic heterocycles. The van der Waals surface area contributed by atoms with Gasteiger partial charge in [0.1, 0.15) is 18.2 Å². The van der Waals surface area contributed by atoms with Crippen molar-refractivity contribution in [2.75, 3.05) is 25.0 Å². The van der Waals surface area contributed by atoms with Crippen LogP contribution < -0.4 is 5.32 Å². The molecular formula is C28H23F2N3O3. The minimum Gasteiger partial charge on any atom is -0.394 e. The third-order valence-electron chi connectivity index (χ3n) is 6.63. The van der Waals surface area contributed by atoms with Crippen LogP contribution in [-0.2, 0) is 4.79 Å². The Bertz CT molecular complexity index is 1330. The number of nitrogens with one attached hydrogen (secondary N) is 1. The number of rotatable bonds is 3. The van der Waals surface area contributed by atoms with Gasteiger partial charge in [0, 0.05) is 29.3 Å². The summed E-state index contributed by atoms with van der Waals surface area (Å²) < 4.78 is 26.2. The average Bonchev–Trinajstić information content (AvgIpc) is 2.87. The maximum absolute atomic E-state index is 13.2. The Kier molecular flexibility index (Phi) is 6.40. The summed E-state index contributed by atoms with van der Waals surface area (Å²) in [7, 11) is 0. The van der Waals surface area contributed by atoms with Crippen molar-refractivity contribution in [2.45, 2.75) is 18.0 Å². The number of fused-ring (bicyclic) bond motifs is 1. The first-order valence-corrected chi connectivity index (χ1v) is 11.5. The molecule has 5 rings (SSSR count). The number of amides is 3. The molecule has 0 radical (unpaired) electrons. The van der Waals surface area contributed by atoms with E-state index in [1.165, 1.54) is 41.3 Å². The lowest BCUT2D eigenvalue weighted by Gasteiger charge is -2.58. The normalized spacial score (nSPS) is 20.6. The second-order valence-electron chi connectivity index (χ2n) is 8.84. The summed E-state index contributed by atoms with van der Waals surface area (Å²) in [6, 6.07) is 17.9. The van der Waals surface area contributed by atoms with Gasteiger partial charge in [-0.2, -0.15) is 0 Å². The first-order chi connectivity index (χ1) is 17.4. The van der Waals surface area contributed by atoms with Crippen LogP contribution in [0, 0.1) is 23.5 Å². The highest BCUT2D eigenvalue weighted by atomic mass is 19.1. The van der Waals surface area contributed by atoms with Gasteiger partial charge in [-0.1, -0.05) is 24.0 Å². The van der Waals surface area contributed by atoms with Gasteiger partial charge in [-0.25, -0.2) is 13.6 Å². The van der Waals surface area contributed by atoms with Crippen LogP contribution in [0.25, 0.3) is 0 Å². The van der Waals surface area contributed by atoms with E-state index < -0.39 is 11.8 Å². The first kappa shape index (κ1) is 23.5. The highest BCUT2D eigenvalue weighted by molar-refractivity contribution is 5.93. The molecule has 3 aromatic carbocycles. The zero-order valence-electron chi connectivity index (χ0n) is 19.2. The van der Waals surface area contributed by atoms with Gasteiger partial charge in [0.15, 0.2) is 0 Å². The molecule has 2 heterocycles. The fourth-order valence-corrected chi connectivity index (χ4v) is 4.86. The maximum atomic E-state index is 13.2. The van der Waals surface area contributed by atoms with E-state index in [9.17, 15) is 23.5 Å². The molecule has 6 nitrogen and oxygen atoms in total. The predicted octanol–water partition coefficient (Wildman–Crippen LogP) is 3.57. The van der Waals surface area contributed by atoms with Gasteiger partial charge in [0.05, 0.1) is 18.7 Å². The Labute approximate surface area is 207 Å². The third kappa shape index (κ3) is 4.66. The SMILES string of the molecule is O=C(Nc1ccc(F)cc1)N1CC(=O)N2[C@H](CO)[C@H](c3ccc(C#Cc4ccc(F)cc4)cc3)[C@H]2C1. The number of hydrogen-bond donors (Lipinski definition) is 2. The van der Waals surface area contributed by atoms with Crippen molar-refractivity contribution in [3.05, 3.63) is 101 Å². The third-order valence-corrected chi connectivity index (χ3v) is 6.63. The van der Waals surface area contributed by atoms with E-state index >= 15 is 0 Å². The summed E-state index contributed by atoms with van der Waals surface area (Å²) in [5.74, 6) is 4.96. The Morgan fingerprint density at radius 2 is 1.47 bits per heavy atom. The van der Waals surface area contributed by atoms with E-state index in [2.05, 4.69) is 17.2 Å². The lowest BCUT2D eigenvalue weighted by atomic mass is 9.73. The lowest BCUT2D eigenvalue weighted by molar-refractivity contribution is -0.159. The summed E-state index contributed by atoms with van der Waals surface area (Å²) in [5.41, 5.74) is 2.86. The zero-order valence-corrected chi connectivity index (χ0v) is 19.2. The molecule has 0 aliphatic carbocycles. The van der Waals surface area contributed by atoms with Crippen molar-refractivity contribution in [3.8, 4) is 11.8 Å². The molecule has 2 fully saturated rings. The topological polar surface area (TPSA) is 72.9 Å². The second kappa shape index (κ2) is 9.80. The Hall–Kier alpha value is -4.22. The minimum atomic E-state index is -0.438. The van der Waals surface area contributed by atoms with Crippen molar-refractivity contribution >= 4 is 17.6 Å². The number of nitrogens with zero attached hydrogens (tertiary/aromatic N) is 2.